The zero-order valence-corrected chi connectivity index (χ0v) is 8.84. The average Bonchev–Trinajstić information content (AvgIpc) is 2.27. The fraction of sp³-hybridized carbons (Fsp3) is 0.636. The molecular weight excluding hydrogens is 176 g/mol. The van der Waals surface area contributed by atoms with Gasteiger partial charge in [0.25, 0.3) is 0 Å². The molecule has 76 valence electrons. The summed E-state index contributed by atoms with van der Waals surface area (Å²) < 4.78 is 5.56. The molecule has 0 radical (unpaired) electrons. The first-order valence-electron chi connectivity index (χ1n) is 5.36. The third-order valence-corrected chi connectivity index (χ3v) is 2.56. The summed E-state index contributed by atoms with van der Waals surface area (Å²) in [6, 6.07) is 0. The smallest absolute Gasteiger partial charge is 0.220 e. The van der Waals surface area contributed by atoms with Crippen LogP contribution in [0.3, 0.4) is 0 Å². The normalized spacial score (nSPS) is 14.7. The van der Waals surface area contributed by atoms with Crippen LogP contribution in [0.4, 0.5) is 0 Å². The van der Waals surface area contributed by atoms with E-state index in [0.717, 1.165) is 44.0 Å². The molecule has 0 atom stereocenters. The standard InChI is InChI=1S/C11H16N2O/c1-3-9-8-6-5-7-14-11(8)13-10(4-2)12-9/h3-7H2,1-2H3. The van der Waals surface area contributed by atoms with Gasteiger partial charge in [-0.3, -0.25) is 0 Å². The third-order valence-electron chi connectivity index (χ3n) is 2.56. The van der Waals surface area contributed by atoms with Gasteiger partial charge in [-0.2, -0.15) is 4.98 Å². The molecule has 3 nitrogen and oxygen atoms in total. The van der Waals surface area contributed by atoms with Crippen LogP contribution in [0.1, 0.15) is 37.4 Å². The summed E-state index contributed by atoms with van der Waals surface area (Å²) in [7, 11) is 0. The van der Waals surface area contributed by atoms with Gasteiger partial charge in [0.15, 0.2) is 0 Å². The van der Waals surface area contributed by atoms with Crippen LogP contribution >= 0.6 is 0 Å². The van der Waals surface area contributed by atoms with Gasteiger partial charge in [0, 0.05) is 12.0 Å². The molecular formula is C11H16N2O. The van der Waals surface area contributed by atoms with Crippen molar-refractivity contribution in [2.24, 2.45) is 0 Å². The lowest BCUT2D eigenvalue weighted by atomic mass is 10.1. The SMILES string of the molecule is CCc1nc(CC)c2c(n1)OCCC2. The number of nitrogens with zero attached hydrogens (tertiary/aromatic N) is 2. The van der Waals surface area contributed by atoms with Gasteiger partial charge in [0.05, 0.1) is 12.3 Å². The maximum absolute atomic E-state index is 5.56. The average molecular weight is 192 g/mol. The minimum Gasteiger partial charge on any atom is -0.477 e. The molecule has 1 aromatic rings. The van der Waals surface area contributed by atoms with E-state index >= 15 is 0 Å². The van der Waals surface area contributed by atoms with E-state index in [1.807, 2.05) is 0 Å². The van der Waals surface area contributed by atoms with Crippen LogP contribution in [0.5, 0.6) is 5.88 Å². The minimum atomic E-state index is 0.802. The van der Waals surface area contributed by atoms with Gasteiger partial charge in [-0.15, -0.1) is 0 Å². The summed E-state index contributed by atoms with van der Waals surface area (Å²) in [5, 5.41) is 0. The molecule has 0 amide bonds. The molecule has 1 aliphatic rings. The second kappa shape index (κ2) is 3.95. The van der Waals surface area contributed by atoms with Crippen molar-refractivity contribution in [2.45, 2.75) is 39.5 Å². The van der Waals surface area contributed by atoms with Crippen molar-refractivity contribution in [1.82, 2.24) is 9.97 Å². The van der Waals surface area contributed by atoms with E-state index in [2.05, 4.69) is 23.8 Å². The molecule has 0 aromatic carbocycles. The molecule has 14 heavy (non-hydrogen) atoms. The fourth-order valence-corrected chi connectivity index (χ4v) is 1.80. The summed E-state index contributed by atoms with van der Waals surface area (Å²) in [6.07, 6.45) is 4.02. The van der Waals surface area contributed by atoms with Crippen molar-refractivity contribution in [3.8, 4) is 5.88 Å². The van der Waals surface area contributed by atoms with E-state index < -0.39 is 0 Å². The molecule has 0 spiro atoms. The molecule has 0 bridgehead atoms. The number of fused-ring (bicyclic) bond motifs is 1. The first-order chi connectivity index (χ1) is 6.85. The van der Waals surface area contributed by atoms with E-state index in [1.54, 1.807) is 0 Å². The molecule has 0 saturated heterocycles. The highest BCUT2D eigenvalue weighted by Crippen LogP contribution is 2.25. The van der Waals surface area contributed by atoms with Gasteiger partial charge < -0.3 is 4.74 Å². The Morgan fingerprint density at radius 1 is 1.21 bits per heavy atom. The monoisotopic (exact) mass is 192 g/mol. The van der Waals surface area contributed by atoms with Gasteiger partial charge in [0.2, 0.25) is 5.88 Å². The van der Waals surface area contributed by atoms with Gasteiger partial charge in [-0.25, -0.2) is 4.98 Å². The molecule has 1 aromatic heterocycles. The Labute approximate surface area is 84.5 Å². The molecule has 3 heteroatoms. The highest BCUT2D eigenvalue weighted by atomic mass is 16.5. The lowest BCUT2D eigenvalue weighted by Crippen LogP contribution is -2.15. The van der Waals surface area contributed by atoms with E-state index in [-0.39, 0.29) is 0 Å². The van der Waals surface area contributed by atoms with Crippen molar-refractivity contribution in [1.29, 1.82) is 0 Å². The Morgan fingerprint density at radius 2 is 2.07 bits per heavy atom. The van der Waals surface area contributed by atoms with Crippen LogP contribution < -0.4 is 4.74 Å². The zero-order chi connectivity index (χ0) is 9.97. The molecule has 0 fully saturated rings. The first kappa shape index (κ1) is 9.44. The number of ether oxygens (including phenoxy) is 1. The van der Waals surface area contributed by atoms with Crippen LogP contribution in [0.2, 0.25) is 0 Å². The fourth-order valence-electron chi connectivity index (χ4n) is 1.80. The van der Waals surface area contributed by atoms with E-state index in [0.29, 0.717) is 0 Å². The van der Waals surface area contributed by atoms with Crippen LogP contribution in [-0.4, -0.2) is 16.6 Å². The molecule has 2 rings (SSSR count). The summed E-state index contributed by atoms with van der Waals surface area (Å²) >= 11 is 0. The van der Waals surface area contributed by atoms with Gasteiger partial charge in [-0.1, -0.05) is 13.8 Å². The number of aryl methyl sites for hydroxylation is 2. The molecule has 0 N–H and O–H groups in total. The minimum absolute atomic E-state index is 0.802. The number of hydrogen-bond donors (Lipinski definition) is 0. The Hall–Kier alpha value is -1.12. The molecule has 2 heterocycles. The van der Waals surface area contributed by atoms with Crippen molar-refractivity contribution in [3.05, 3.63) is 17.1 Å². The topological polar surface area (TPSA) is 35.0 Å². The maximum Gasteiger partial charge on any atom is 0.220 e. The lowest BCUT2D eigenvalue weighted by molar-refractivity contribution is 0.273. The largest absolute Gasteiger partial charge is 0.477 e. The van der Waals surface area contributed by atoms with Gasteiger partial charge in [-0.05, 0) is 19.3 Å². The number of rotatable bonds is 2. The Kier molecular flexibility index (Phi) is 2.66. The second-order valence-electron chi connectivity index (χ2n) is 3.53. The number of aromatic nitrogens is 2. The van der Waals surface area contributed by atoms with E-state index in [4.69, 9.17) is 4.74 Å². The van der Waals surface area contributed by atoms with Crippen LogP contribution in [-0.2, 0) is 19.3 Å². The molecule has 1 aliphatic heterocycles. The summed E-state index contributed by atoms with van der Waals surface area (Å²) in [4.78, 5) is 8.94. The predicted molar refractivity (Wildman–Crippen MR) is 54.6 cm³/mol. The quantitative estimate of drug-likeness (QED) is 0.718. The Bertz CT molecular complexity index is 319. The Morgan fingerprint density at radius 3 is 2.79 bits per heavy atom. The van der Waals surface area contributed by atoms with Gasteiger partial charge >= 0.3 is 0 Å². The highest BCUT2D eigenvalue weighted by molar-refractivity contribution is 5.32. The third kappa shape index (κ3) is 1.59. The predicted octanol–water partition coefficient (Wildman–Crippen LogP) is 1.93. The maximum atomic E-state index is 5.56. The van der Waals surface area contributed by atoms with Crippen LogP contribution in [0.15, 0.2) is 0 Å². The van der Waals surface area contributed by atoms with Gasteiger partial charge in [0.1, 0.15) is 5.82 Å². The summed E-state index contributed by atoms with van der Waals surface area (Å²) in [5.74, 6) is 1.74. The number of hydrogen-bond acceptors (Lipinski definition) is 3. The van der Waals surface area contributed by atoms with E-state index in [9.17, 15) is 0 Å². The second-order valence-corrected chi connectivity index (χ2v) is 3.53. The molecule has 0 unspecified atom stereocenters. The Balaban J connectivity index is 2.47. The molecule has 0 saturated carbocycles. The highest BCUT2D eigenvalue weighted by Gasteiger charge is 2.17. The summed E-state index contributed by atoms with van der Waals surface area (Å²) in [5.41, 5.74) is 2.41. The van der Waals surface area contributed by atoms with Crippen LogP contribution in [0.25, 0.3) is 0 Å². The summed E-state index contributed by atoms with van der Waals surface area (Å²) in [6.45, 7) is 5.01. The van der Waals surface area contributed by atoms with Crippen molar-refractivity contribution in [3.63, 3.8) is 0 Å². The lowest BCUT2D eigenvalue weighted by Gasteiger charge is -2.18. The van der Waals surface area contributed by atoms with Crippen molar-refractivity contribution >= 4 is 0 Å². The van der Waals surface area contributed by atoms with Crippen molar-refractivity contribution in [2.75, 3.05) is 6.61 Å². The van der Waals surface area contributed by atoms with Crippen LogP contribution in [0, 0.1) is 0 Å². The van der Waals surface area contributed by atoms with Crippen molar-refractivity contribution < 1.29 is 4.74 Å². The zero-order valence-electron chi connectivity index (χ0n) is 8.84. The first-order valence-corrected chi connectivity index (χ1v) is 5.36. The van der Waals surface area contributed by atoms with E-state index in [1.165, 1.54) is 11.3 Å². The molecule has 0 aliphatic carbocycles.